The van der Waals surface area contributed by atoms with Crippen molar-refractivity contribution in [2.75, 3.05) is 6.54 Å². The molecule has 4 aromatic rings. The summed E-state index contributed by atoms with van der Waals surface area (Å²) in [7, 11) is 1.81. The van der Waals surface area contributed by atoms with Gasteiger partial charge in [-0.25, -0.2) is 0 Å². The van der Waals surface area contributed by atoms with Crippen LogP contribution in [0, 0.1) is 0 Å². The van der Waals surface area contributed by atoms with Crippen LogP contribution in [0.2, 0.25) is 5.02 Å². The number of rotatable bonds is 8. The molecule has 1 aromatic heterocycles. The topological polar surface area (TPSA) is 83.4 Å². The van der Waals surface area contributed by atoms with Gasteiger partial charge in [0.2, 0.25) is 5.43 Å². The zero-order valence-electron chi connectivity index (χ0n) is 18.8. The van der Waals surface area contributed by atoms with Gasteiger partial charge in [-0.15, -0.1) is 0 Å². The van der Waals surface area contributed by atoms with Crippen molar-refractivity contribution in [3.63, 3.8) is 0 Å². The molecule has 1 amide bonds. The minimum absolute atomic E-state index is 0.0913. The lowest BCUT2D eigenvalue weighted by Crippen LogP contribution is -2.29. The van der Waals surface area contributed by atoms with E-state index >= 15 is 0 Å². The van der Waals surface area contributed by atoms with Gasteiger partial charge < -0.3 is 20.3 Å². The fourth-order valence-corrected chi connectivity index (χ4v) is 3.96. The molecule has 7 heteroatoms. The van der Waals surface area contributed by atoms with Gasteiger partial charge in [0.15, 0.2) is 0 Å². The van der Waals surface area contributed by atoms with Crippen molar-refractivity contribution < 1.29 is 9.90 Å². The molecule has 1 atom stereocenters. The molecule has 1 heterocycles. The molecular formula is C27H26ClN3O3. The predicted molar refractivity (Wildman–Crippen MR) is 135 cm³/mol. The third kappa shape index (κ3) is 5.54. The standard InChI is InChI=1S/C27H26ClN3O3/c1-31-17-23(27(34)30-15-18-7-10-21(28)11-8-18)26(33)22-13-19(9-12-24(22)31)14-29-16-25(32)20-5-3-2-4-6-20/h2-13,17,25,29,32H,14-16H2,1H3,(H,30,34). The molecule has 0 radical (unpaired) electrons. The maximum Gasteiger partial charge on any atom is 0.257 e. The first-order chi connectivity index (χ1) is 16.4. The molecule has 174 valence electrons. The Balaban J connectivity index is 1.48. The molecule has 0 bridgehead atoms. The minimum atomic E-state index is -0.620. The van der Waals surface area contributed by atoms with Crippen LogP contribution >= 0.6 is 11.6 Å². The number of amides is 1. The molecule has 0 spiro atoms. The number of fused-ring (bicyclic) bond motifs is 1. The van der Waals surface area contributed by atoms with Crippen molar-refractivity contribution in [3.05, 3.63) is 116 Å². The summed E-state index contributed by atoms with van der Waals surface area (Å²) in [6.07, 6.45) is 0.946. The van der Waals surface area contributed by atoms with Crippen molar-refractivity contribution in [2.24, 2.45) is 7.05 Å². The quantitative estimate of drug-likeness (QED) is 0.360. The fraction of sp³-hybridized carbons (Fsp3) is 0.185. The molecule has 0 aliphatic heterocycles. The summed E-state index contributed by atoms with van der Waals surface area (Å²) < 4.78 is 1.78. The van der Waals surface area contributed by atoms with E-state index in [4.69, 9.17) is 11.6 Å². The Morgan fingerprint density at radius 2 is 1.71 bits per heavy atom. The number of nitrogens with one attached hydrogen (secondary N) is 2. The SMILES string of the molecule is Cn1cc(C(=O)NCc2ccc(Cl)cc2)c(=O)c2cc(CNCC(O)c3ccccc3)ccc21. The smallest absolute Gasteiger partial charge is 0.257 e. The van der Waals surface area contributed by atoms with E-state index in [1.807, 2.05) is 61.6 Å². The largest absolute Gasteiger partial charge is 0.387 e. The second-order valence-electron chi connectivity index (χ2n) is 8.20. The normalized spacial score (nSPS) is 12.0. The minimum Gasteiger partial charge on any atom is -0.387 e. The lowest BCUT2D eigenvalue weighted by molar-refractivity contribution is 0.0949. The first kappa shape index (κ1) is 23.7. The first-order valence-corrected chi connectivity index (χ1v) is 11.4. The van der Waals surface area contributed by atoms with E-state index in [0.29, 0.717) is 30.0 Å². The van der Waals surface area contributed by atoms with E-state index in [1.165, 1.54) is 0 Å². The van der Waals surface area contributed by atoms with Crippen molar-refractivity contribution in [1.82, 2.24) is 15.2 Å². The van der Waals surface area contributed by atoms with Crippen LogP contribution < -0.4 is 16.1 Å². The number of aryl methyl sites for hydroxylation is 1. The summed E-state index contributed by atoms with van der Waals surface area (Å²) in [6, 6.07) is 22.2. The van der Waals surface area contributed by atoms with E-state index < -0.39 is 12.0 Å². The van der Waals surface area contributed by atoms with Gasteiger partial charge in [0.05, 0.1) is 11.6 Å². The Labute approximate surface area is 202 Å². The van der Waals surface area contributed by atoms with E-state index in [9.17, 15) is 14.7 Å². The van der Waals surface area contributed by atoms with Crippen LogP contribution in [0.1, 0.15) is 33.2 Å². The molecule has 4 rings (SSSR count). The Kier molecular flexibility index (Phi) is 7.43. The van der Waals surface area contributed by atoms with Crippen LogP contribution in [0.4, 0.5) is 0 Å². The highest BCUT2D eigenvalue weighted by Crippen LogP contribution is 2.15. The van der Waals surface area contributed by atoms with Crippen LogP contribution in [-0.2, 0) is 20.1 Å². The monoisotopic (exact) mass is 475 g/mol. The van der Waals surface area contributed by atoms with Gasteiger partial charge in [0.1, 0.15) is 5.56 Å². The zero-order chi connectivity index (χ0) is 24.1. The van der Waals surface area contributed by atoms with Crippen LogP contribution in [0.15, 0.2) is 83.8 Å². The second kappa shape index (κ2) is 10.7. The van der Waals surface area contributed by atoms with Gasteiger partial charge in [-0.3, -0.25) is 9.59 Å². The number of hydrogen-bond donors (Lipinski definition) is 3. The molecule has 0 fully saturated rings. The van der Waals surface area contributed by atoms with Crippen molar-refractivity contribution in [2.45, 2.75) is 19.2 Å². The molecular weight excluding hydrogens is 450 g/mol. The van der Waals surface area contributed by atoms with Gasteiger partial charge in [-0.1, -0.05) is 60.1 Å². The molecule has 3 aromatic carbocycles. The van der Waals surface area contributed by atoms with Gasteiger partial charge in [-0.05, 0) is 41.0 Å². The van der Waals surface area contributed by atoms with Crippen molar-refractivity contribution in [1.29, 1.82) is 0 Å². The van der Waals surface area contributed by atoms with Crippen molar-refractivity contribution in [3.8, 4) is 0 Å². The third-order valence-electron chi connectivity index (χ3n) is 5.72. The molecule has 1 unspecified atom stereocenters. The maximum absolute atomic E-state index is 13.1. The number of carbonyl (C=O) groups excluding carboxylic acids is 1. The molecule has 34 heavy (non-hydrogen) atoms. The zero-order valence-corrected chi connectivity index (χ0v) is 19.5. The molecule has 0 saturated carbocycles. The van der Waals surface area contributed by atoms with E-state index in [2.05, 4.69) is 10.6 Å². The van der Waals surface area contributed by atoms with Gasteiger partial charge in [0, 0.05) is 43.3 Å². The number of carbonyl (C=O) groups is 1. The lowest BCUT2D eigenvalue weighted by atomic mass is 10.1. The summed E-state index contributed by atoms with van der Waals surface area (Å²) in [5, 5.41) is 17.5. The summed E-state index contributed by atoms with van der Waals surface area (Å²) in [5.41, 5.74) is 3.15. The average molecular weight is 476 g/mol. The Morgan fingerprint density at radius 1 is 1.00 bits per heavy atom. The highest BCUT2D eigenvalue weighted by Gasteiger charge is 2.15. The first-order valence-electron chi connectivity index (χ1n) is 11.0. The predicted octanol–water partition coefficient (Wildman–Crippen LogP) is 3.95. The summed E-state index contributed by atoms with van der Waals surface area (Å²) in [6.45, 7) is 1.16. The van der Waals surface area contributed by atoms with E-state index in [-0.39, 0.29) is 11.0 Å². The number of hydrogen-bond acceptors (Lipinski definition) is 4. The number of aromatic nitrogens is 1. The molecule has 6 nitrogen and oxygen atoms in total. The molecule has 3 N–H and O–H groups in total. The van der Waals surface area contributed by atoms with Crippen LogP contribution in [0.25, 0.3) is 10.9 Å². The third-order valence-corrected chi connectivity index (χ3v) is 5.97. The summed E-state index contributed by atoms with van der Waals surface area (Å²) >= 11 is 5.90. The van der Waals surface area contributed by atoms with Crippen molar-refractivity contribution >= 4 is 28.4 Å². The Hall–Kier alpha value is -3.45. The molecule has 0 aliphatic carbocycles. The molecule has 0 aliphatic rings. The number of aliphatic hydroxyl groups excluding tert-OH is 1. The second-order valence-corrected chi connectivity index (χ2v) is 8.64. The summed E-state index contributed by atoms with van der Waals surface area (Å²) in [4.78, 5) is 25.9. The summed E-state index contributed by atoms with van der Waals surface area (Å²) in [5.74, 6) is -0.424. The van der Waals surface area contributed by atoms with Gasteiger partial charge in [-0.2, -0.15) is 0 Å². The number of aliphatic hydroxyl groups is 1. The fourth-order valence-electron chi connectivity index (χ4n) is 3.84. The highest BCUT2D eigenvalue weighted by molar-refractivity contribution is 6.30. The average Bonchev–Trinajstić information content (AvgIpc) is 2.86. The van der Waals surface area contributed by atoms with Crippen LogP contribution in [0.3, 0.4) is 0 Å². The number of pyridine rings is 1. The number of benzene rings is 3. The van der Waals surface area contributed by atoms with Gasteiger partial charge in [0.25, 0.3) is 5.91 Å². The number of nitrogens with zero attached hydrogens (tertiary/aromatic N) is 1. The lowest BCUT2D eigenvalue weighted by Gasteiger charge is -2.13. The molecule has 0 saturated heterocycles. The van der Waals surface area contributed by atoms with Gasteiger partial charge >= 0.3 is 0 Å². The Bertz CT molecular complexity index is 1350. The highest BCUT2D eigenvalue weighted by atomic mass is 35.5. The van der Waals surface area contributed by atoms with E-state index in [0.717, 1.165) is 22.2 Å². The van der Waals surface area contributed by atoms with Crippen LogP contribution in [-0.4, -0.2) is 22.1 Å². The number of halogens is 1. The van der Waals surface area contributed by atoms with E-state index in [1.54, 1.807) is 29.0 Å². The maximum atomic E-state index is 13.1. The van der Waals surface area contributed by atoms with Crippen LogP contribution in [0.5, 0.6) is 0 Å². The Morgan fingerprint density at radius 3 is 2.44 bits per heavy atom.